The number of rotatable bonds is 7. The minimum absolute atomic E-state index is 0.00777. The van der Waals surface area contributed by atoms with E-state index in [4.69, 9.17) is 13.7 Å². The summed E-state index contributed by atoms with van der Waals surface area (Å²) in [5, 5.41) is 0. The molecule has 0 spiro atoms. The monoisotopic (exact) mass is 464 g/mol. The fraction of sp³-hybridized carbons (Fsp3) is 0.611. The number of aryl methyl sites for hydroxylation is 1. The van der Waals surface area contributed by atoms with Gasteiger partial charge in [0.05, 0.1) is 24.2 Å². The van der Waals surface area contributed by atoms with Crippen molar-refractivity contribution in [1.29, 1.82) is 0 Å². The van der Waals surface area contributed by atoms with Crippen LogP contribution in [0.5, 0.6) is 0 Å². The summed E-state index contributed by atoms with van der Waals surface area (Å²) in [6, 6.07) is 5.71. The highest BCUT2D eigenvalue weighted by molar-refractivity contribution is 7.88. The molecule has 1 amide bonds. The summed E-state index contributed by atoms with van der Waals surface area (Å²) in [7, 11) is -8.03. The number of benzene rings is 1. The van der Waals surface area contributed by atoms with E-state index in [9.17, 15) is 21.6 Å². The third-order valence-electron chi connectivity index (χ3n) is 4.03. The zero-order valence-electron chi connectivity index (χ0n) is 17.4. The van der Waals surface area contributed by atoms with Crippen molar-refractivity contribution >= 4 is 26.4 Å². The zero-order valence-corrected chi connectivity index (χ0v) is 19.0. The molecule has 1 fully saturated rings. The van der Waals surface area contributed by atoms with Crippen LogP contribution in [0.1, 0.15) is 39.2 Å². The van der Waals surface area contributed by atoms with Crippen LogP contribution in [-0.4, -0.2) is 53.9 Å². The molecule has 10 nitrogen and oxygen atoms in total. The summed E-state index contributed by atoms with van der Waals surface area (Å²) >= 11 is 0. The smallest absolute Gasteiger partial charge is 0.422 e. The summed E-state index contributed by atoms with van der Waals surface area (Å²) in [6.45, 7) is 6.52. The first-order chi connectivity index (χ1) is 13.8. The van der Waals surface area contributed by atoms with E-state index in [1.165, 1.54) is 12.1 Å². The van der Waals surface area contributed by atoms with E-state index in [0.29, 0.717) is 12.8 Å². The Hall–Kier alpha value is -1.73. The van der Waals surface area contributed by atoms with Gasteiger partial charge in [0.2, 0.25) is 0 Å². The van der Waals surface area contributed by atoms with Crippen LogP contribution in [0.15, 0.2) is 29.2 Å². The van der Waals surface area contributed by atoms with Crippen LogP contribution in [-0.2, 0) is 34.0 Å². The largest absolute Gasteiger partial charge is 0.443 e. The second-order valence-electron chi connectivity index (χ2n) is 8.01. The molecule has 1 aromatic rings. The van der Waals surface area contributed by atoms with Gasteiger partial charge in [-0.3, -0.25) is 4.18 Å². The average Bonchev–Trinajstić information content (AvgIpc) is 2.59. The zero-order chi connectivity index (χ0) is 22.6. The second kappa shape index (κ2) is 9.60. The Morgan fingerprint density at radius 3 is 2.30 bits per heavy atom. The molecule has 1 aromatic carbocycles. The molecule has 30 heavy (non-hydrogen) atoms. The molecular formula is C18H28N2O8S2. The lowest BCUT2D eigenvalue weighted by molar-refractivity contribution is -0.0212. The SMILES string of the molecule is Cc1ccc(S(=O)(=O)OC[C@@H]2CC[C@@H](NS(=O)(=O)NC(=O)OC(C)(C)C)CO2)cc1. The van der Waals surface area contributed by atoms with Gasteiger partial charge >= 0.3 is 16.3 Å². The molecule has 2 atom stereocenters. The van der Waals surface area contributed by atoms with Crippen molar-refractivity contribution in [3.8, 4) is 0 Å². The van der Waals surface area contributed by atoms with Crippen molar-refractivity contribution in [2.45, 2.75) is 63.2 Å². The van der Waals surface area contributed by atoms with E-state index in [1.54, 1.807) is 37.6 Å². The van der Waals surface area contributed by atoms with Gasteiger partial charge in [-0.1, -0.05) is 17.7 Å². The summed E-state index contributed by atoms with van der Waals surface area (Å²) in [4.78, 5) is 11.7. The summed E-state index contributed by atoms with van der Waals surface area (Å²) in [5.41, 5.74) is 0.0962. The van der Waals surface area contributed by atoms with Crippen molar-refractivity contribution in [2.24, 2.45) is 0 Å². The van der Waals surface area contributed by atoms with Crippen LogP contribution in [0.25, 0.3) is 0 Å². The summed E-state index contributed by atoms with van der Waals surface area (Å²) < 4.78 is 68.1. The minimum Gasteiger partial charge on any atom is -0.443 e. The third-order valence-corrected chi connectivity index (χ3v) is 6.40. The van der Waals surface area contributed by atoms with Crippen molar-refractivity contribution in [2.75, 3.05) is 13.2 Å². The first kappa shape index (κ1) is 24.5. The molecule has 1 aliphatic rings. The standard InChI is InChI=1S/C18H28N2O8S2/c1-13-5-9-16(10-6-13)29(22,23)27-12-15-8-7-14(11-26-15)19-30(24,25)20-17(21)28-18(2,3)4/h5-6,9-10,14-15,19H,7-8,11-12H2,1-4H3,(H,20,21)/t14-,15+/m1/s1. The highest BCUT2D eigenvalue weighted by atomic mass is 32.2. The molecule has 0 aromatic heterocycles. The highest BCUT2D eigenvalue weighted by Gasteiger charge is 2.29. The quantitative estimate of drug-likeness (QED) is 0.581. The lowest BCUT2D eigenvalue weighted by atomic mass is 10.1. The molecule has 1 saturated heterocycles. The summed E-state index contributed by atoms with van der Waals surface area (Å²) in [6.07, 6.45) is -0.819. The number of carbonyl (C=O) groups is 1. The number of hydrogen-bond donors (Lipinski definition) is 2. The van der Waals surface area contributed by atoms with Gasteiger partial charge in [0.1, 0.15) is 5.60 Å². The maximum Gasteiger partial charge on any atom is 0.422 e. The van der Waals surface area contributed by atoms with E-state index in [-0.39, 0.29) is 18.1 Å². The second-order valence-corrected chi connectivity index (χ2v) is 11.1. The van der Waals surface area contributed by atoms with Gasteiger partial charge < -0.3 is 9.47 Å². The van der Waals surface area contributed by atoms with Crippen LogP contribution in [0.4, 0.5) is 4.79 Å². The van der Waals surface area contributed by atoms with Gasteiger partial charge in [-0.2, -0.15) is 21.6 Å². The van der Waals surface area contributed by atoms with Crippen LogP contribution in [0.3, 0.4) is 0 Å². The van der Waals surface area contributed by atoms with Crippen LogP contribution >= 0.6 is 0 Å². The molecular weight excluding hydrogens is 436 g/mol. The fourth-order valence-corrected chi connectivity index (χ4v) is 4.51. The molecule has 0 radical (unpaired) electrons. The Kier molecular flexibility index (Phi) is 7.85. The number of ether oxygens (including phenoxy) is 2. The molecule has 0 unspecified atom stereocenters. The van der Waals surface area contributed by atoms with E-state index in [1.807, 2.05) is 6.92 Å². The van der Waals surface area contributed by atoms with Gasteiger partial charge in [-0.15, -0.1) is 0 Å². The molecule has 0 bridgehead atoms. The van der Waals surface area contributed by atoms with Crippen molar-refractivity contribution in [3.63, 3.8) is 0 Å². The Labute approximate surface area is 177 Å². The van der Waals surface area contributed by atoms with Crippen LogP contribution in [0, 0.1) is 6.92 Å². The Morgan fingerprint density at radius 1 is 1.13 bits per heavy atom. The fourth-order valence-electron chi connectivity index (χ4n) is 2.63. The predicted molar refractivity (Wildman–Crippen MR) is 109 cm³/mol. The van der Waals surface area contributed by atoms with Crippen molar-refractivity contribution in [1.82, 2.24) is 9.44 Å². The Balaban J connectivity index is 1.79. The van der Waals surface area contributed by atoms with Gasteiger partial charge in [0.25, 0.3) is 10.1 Å². The Morgan fingerprint density at radius 2 is 1.77 bits per heavy atom. The first-order valence-electron chi connectivity index (χ1n) is 9.36. The molecule has 2 N–H and O–H groups in total. The van der Waals surface area contributed by atoms with Crippen LogP contribution in [0.2, 0.25) is 0 Å². The lowest BCUT2D eigenvalue weighted by Crippen LogP contribution is -2.50. The van der Waals surface area contributed by atoms with Crippen molar-refractivity contribution < 1.29 is 35.3 Å². The average molecular weight is 465 g/mol. The maximum atomic E-state index is 12.2. The molecule has 0 saturated carbocycles. The maximum absolute atomic E-state index is 12.2. The normalized spacial score (nSPS) is 20.5. The lowest BCUT2D eigenvalue weighted by Gasteiger charge is -2.29. The molecule has 170 valence electrons. The van der Waals surface area contributed by atoms with Gasteiger partial charge in [-0.05, 0) is 52.7 Å². The van der Waals surface area contributed by atoms with Crippen molar-refractivity contribution in [3.05, 3.63) is 29.8 Å². The van der Waals surface area contributed by atoms with Gasteiger partial charge in [0.15, 0.2) is 0 Å². The molecule has 0 aliphatic carbocycles. The van der Waals surface area contributed by atoms with Gasteiger partial charge in [0, 0.05) is 6.04 Å². The molecule has 12 heteroatoms. The van der Waals surface area contributed by atoms with E-state index in [2.05, 4.69) is 4.72 Å². The van der Waals surface area contributed by atoms with E-state index >= 15 is 0 Å². The number of carbonyl (C=O) groups excluding carboxylic acids is 1. The predicted octanol–water partition coefficient (Wildman–Crippen LogP) is 1.61. The first-order valence-corrected chi connectivity index (χ1v) is 12.3. The molecule has 2 rings (SSSR count). The summed E-state index contributed by atoms with van der Waals surface area (Å²) in [5.74, 6) is 0. The minimum atomic E-state index is -4.13. The molecule has 1 aliphatic heterocycles. The molecule has 1 heterocycles. The van der Waals surface area contributed by atoms with E-state index in [0.717, 1.165) is 5.56 Å². The number of hydrogen-bond acceptors (Lipinski definition) is 8. The van der Waals surface area contributed by atoms with Crippen LogP contribution < -0.4 is 9.44 Å². The Bertz CT molecular complexity index is 929. The highest BCUT2D eigenvalue weighted by Crippen LogP contribution is 2.18. The number of nitrogens with one attached hydrogen (secondary N) is 2. The number of amides is 1. The van der Waals surface area contributed by atoms with E-state index < -0.39 is 44.2 Å². The topological polar surface area (TPSA) is 137 Å². The van der Waals surface area contributed by atoms with Gasteiger partial charge in [-0.25, -0.2) is 9.52 Å². The third kappa shape index (κ3) is 8.19.